The highest BCUT2D eigenvalue weighted by atomic mass is 19.4. The first-order valence-electron chi connectivity index (χ1n) is 5.82. The van der Waals surface area contributed by atoms with Crippen LogP contribution in [0.2, 0.25) is 0 Å². The van der Waals surface area contributed by atoms with Crippen LogP contribution in [0.5, 0.6) is 0 Å². The molecule has 0 aliphatic carbocycles. The third-order valence-electron chi connectivity index (χ3n) is 3.08. The number of benzene rings is 1. The highest BCUT2D eigenvalue weighted by molar-refractivity contribution is 5.39. The van der Waals surface area contributed by atoms with Crippen LogP contribution in [-0.4, -0.2) is 25.1 Å². The van der Waals surface area contributed by atoms with Crippen molar-refractivity contribution in [2.45, 2.75) is 30.5 Å². The Bertz CT molecular complexity index is 545. The number of hydrogen-bond donors (Lipinski definition) is 0. The van der Waals surface area contributed by atoms with Crippen LogP contribution in [0.4, 0.5) is 30.7 Å². The number of nitrogens with zero attached hydrogens (tertiary/aromatic N) is 1. The predicted octanol–water partition coefficient (Wildman–Crippen LogP) is 4.47. The van der Waals surface area contributed by atoms with E-state index in [-0.39, 0.29) is 11.1 Å². The number of hydrogen-bond acceptors (Lipinski definition) is 2. The lowest BCUT2D eigenvalue weighted by Gasteiger charge is -2.32. The molecule has 0 saturated heterocycles. The fraction of sp³-hybridized carbons (Fsp3) is 0.462. The Morgan fingerprint density at radius 2 is 1.55 bits per heavy atom. The molecular formula is C13H10F7NO. The maximum Gasteiger partial charge on any atom is 0.431 e. The quantitative estimate of drug-likeness (QED) is 0.764. The number of alkyl halides is 7. The lowest BCUT2D eigenvalue weighted by atomic mass is 9.91. The van der Waals surface area contributed by atoms with Crippen LogP contribution in [-0.2, 0) is 4.74 Å². The molecule has 1 atom stereocenters. The van der Waals surface area contributed by atoms with Crippen molar-refractivity contribution in [2.24, 2.45) is 0 Å². The lowest BCUT2D eigenvalue weighted by molar-refractivity contribution is -0.348. The van der Waals surface area contributed by atoms with Gasteiger partial charge in [0.1, 0.15) is 0 Å². The SMILES string of the molecule is COC(CC(F)(C(F)(F)F)C(F)(F)F)c1ccccc1C#N. The van der Waals surface area contributed by atoms with Gasteiger partial charge in [0.25, 0.3) is 0 Å². The Labute approximate surface area is 121 Å². The molecule has 0 heterocycles. The summed E-state index contributed by atoms with van der Waals surface area (Å²) in [6, 6.07) is 6.56. The summed E-state index contributed by atoms with van der Waals surface area (Å²) >= 11 is 0. The second-order valence-electron chi connectivity index (χ2n) is 4.42. The molecule has 22 heavy (non-hydrogen) atoms. The molecule has 122 valence electrons. The first kappa shape index (κ1) is 18.2. The van der Waals surface area contributed by atoms with Crippen LogP contribution < -0.4 is 0 Å². The van der Waals surface area contributed by atoms with Crippen LogP contribution in [0.25, 0.3) is 0 Å². The zero-order valence-electron chi connectivity index (χ0n) is 11.1. The molecule has 9 heteroatoms. The number of methoxy groups -OCH3 is 1. The van der Waals surface area contributed by atoms with Crippen molar-refractivity contribution in [2.75, 3.05) is 7.11 Å². The molecule has 0 N–H and O–H groups in total. The molecule has 2 nitrogen and oxygen atoms in total. The normalized spacial score (nSPS) is 14.5. The van der Waals surface area contributed by atoms with Crippen LogP contribution in [0.3, 0.4) is 0 Å². The van der Waals surface area contributed by atoms with Gasteiger partial charge in [0.05, 0.1) is 17.7 Å². The highest BCUT2D eigenvalue weighted by Gasteiger charge is 2.72. The lowest BCUT2D eigenvalue weighted by Crippen LogP contribution is -2.54. The Morgan fingerprint density at radius 3 is 1.95 bits per heavy atom. The highest BCUT2D eigenvalue weighted by Crippen LogP contribution is 2.51. The van der Waals surface area contributed by atoms with E-state index in [0.717, 1.165) is 13.2 Å². The van der Waals surface area contributed by atoms with Gasteiger partial charge in [-0.1, -0.05) is 18.2 Å². The molecule has 0 saturated carbocycles. The molecule has 0 aliphatic heterocycles. The zero-order valence-corrected chi connectivity index (χ0v) is 11.1. The molecule has 0 radical (unpaired) electrons. The van der Waals surface area contributed by atoms with E-state index in [2.05, 4.69) is 4.74 Å². The van der Waals surface area contributed by atoms with Gasteiger partial charge >= 0.3 is 18.0 Å². The number of nitriles is 1. The topological polar surface area (TPSA) is 33.0 Å². The molecule has 0 amide bonds. The van der Waals surface area contributed by atoms with Gasteiger partial charge in [-0.05, 0) is 11.6 Å². The molecule has 0 spiro atoms. The Hall–Kier alpha value is -1.82. The van der Waals surface area contributed by atoms with E-state index >= 15 is 0 Å². The van der Waals surface area contributed by atoms with Crippen molar-refractivity contribution in [1.29, 1.82) is 5.26 Å². The molecule has 0 aromatic heterocycles. The molecule has 0 fully saturated rings. The van der Waals surface area contributed by atoms with E-state index in [4.69, 9.17) is 5.26 Å². The Kier molecular flexibility index (Phi) is 5.07. The summed E-state index contributed by atoms with van der Waals surface area (Å²) in [7, 11) is 0.839. The first-order valence-corrected chi connectivity index (χ1v) is 5.82. The summed E-state index contributed by atoms with van der Waals surface area (Å²) in [6.07, 6.45) is -16.2. The van der Waals surface area contributed by atoms with Gasteiger partial charge in [0.2, 0.25) is 0 Å². The number of ether oxygens (including phenoxy) is 1. The van der Waals surface area contributed by atoms with Gasteiger partial charge in [-0.25, -0.2) is 4.39 Å². The second-order valence-corrected chi connectivity index (χ2v) is 4.42. The maximum absolute atomic E-state index is 13.8. The number of halogens is 7. The van der Waals surface area contributed by atoms with Crippen molar-refractivity contribution < 1.29 is 35.5 Å². The van der Waals surface area contributed by atoms with Crippen LogP contribution in [0.15, 0.2) is 24.3 Å². The van der Waals surface area contributed by atoms with Gasteiger partial charge in [-0.3, -0.25) is 0 Å². The summed E-state index contributed by atoms with van der Waals surface area (Å²) in [6.45, 7) is 0. The first-order chi connectivity index (χ1) is 9.98. The molecule has 1 aromatic rings. The third kappa shape index (κ3) is 3.32. The van der Waals surface area contributed by atoms with Crippen molar-refractivity contribution >= 4 is 0 Å². The monoisotopic (exact) mass is 329 g/mol. The van der Waals surface area contributed by atoms with Gasteiger partial charge < -0.3 is 4.74 Å². The second kappa shape index (κ2) is 6.12. The summed E-state index contributed by atoms with van der Waals surface area (Å²) in [4.78, 5) is 0. The largest absolute Gasteiger partial charge is 0.431 e. The average Bonchev–Trinajstić information content (AvgIpc) is 2.42. The van der Waals surface area contributed by atoms with Crippen molar-refractivity contribution in [1.82, 2.24) is 0 Å². The van der Waals surface area contributed by atoms with Gasteiger partial charge in [-0.15, -0.1) is 0 Å². The zero-order chi connectivity index (χ0) is 17.2. The molecule has 0 bridgehead atoms. The van der Waals surface area contributed by atoms with E-state index in [9.17, 15) is 30.7 Å². The van der Waals surface area contributed by atoms with Gasteiger partial charge in [0, 0.05) is 13.5 Å². The summed E-state index contributed by atoms with van der Waals surface area (Å²) in [5, 5.41) is 8.84. The summed E-state index contributed by atoms with van der Waals surface area (Å²) in [5.74, 6) is 0. The molecular weight excluding hydrogens is 319 g/mol. The minimum Gasteiger partial charge on any atom is -0.377 e. The maximum atomic E-state index is 13.8. The van der Waals surface area contributed by atoms with Crippen molar-refractivity contribution in [3.8, 4) is 6.07 Å². The van der Waals surface area contributed by atoms with Crippen LogP contribution in [0, 0.1) is 11.3 Å². The molecule has 1 aromatic carbocycles. The van der Waals surface area contributed by atoms with Gasteiger partial charge in [0.15, 0.2) is 0 Å². The molecule has 1 rings (SSSR count). The minimum atomic E-state index is -6.16. The Balaban J connectivity index is 3.30. The van der Waals surface area contributed by atoms with Crippen molar-refractivity contribution in [3.63, 3.8) is 0 Å². The van der Waals surface area contributed by atoms with E-state index in [0.29, 0.717) is 0 Å². The predicted molar refractivity (Wildman–Crippen MR) is 61.5 cm³/mol. The fourth-order valence-corrected chi connectivity index (χ4v) is 1.85. The van der Waals surface area contributed by atoms with Crippen molar-refractivity contribution in [3.05, 3.63) is 35.4 Å². The Morgan fingerprint density at radius 1 is 1.05 bits per heavy atom. The van der Waals surface area contributed by atoms with E-state index in [1.165, 1.54) is 18.2 Å². The summed E-state index contributed by atoms with van der Waals surface area (Å²) in [5.41, 5.74) is -5.88. The molecule has 1 unspecified atom stereocenters. The minimum absolute atomic E-state index is 0.193. The van der Waals surface area contributed by atoms with E-state index < -0.39 is 30.5 Å². The standard InChI is InChI=1S/C13H10F7NO/c1-22-10(9-5-3-2-4-8(9)7-21)6-11(14,12(15,16)17)13(18,19)20/h2-5,10H,6H2,1H3. The number of rotatable bonds is 4. The fourth-order valence-electron chi connectivity index (χ4n) is 1.85. The smallest absolute Gasteiger partial charge is 0.377 e. The van der Waals surface area contributed by atoms with Crippen LogP contribution >= 0.6 is 0 Å². The average molecular weight is 329 g/mol. The molecule has 0 aliphatic rings. The van der Waals surface area contributed by atoms with E-state index in [1.54, 1.807) is 6.07 Å². The van der Waals surface area contributed by atoms with E-state index in [1.807, 2.05) is 0 Å². The third-order valence-corrected chi connectivity index (χ3v) is 3.08. The summed E-state index contributed by atoms with van der Waals surface area (Å²) < 4.78 is 93.8. The van der Waals surface area contributed by atoms with Gasteiger partial charge in [-0.2, -0.15) is 31.6 Å². The van der Waals surface area contributed by atoms with Crippen LogP contribution in [0.1, 0.15) is 23.7 Å².